The van der Waals surface area contributed by atoms with Crippen LogP contribution >= 0.6 is 11.8 Å². The van der Waals surface area contributed by atoms with E-state index in [9.17, 15) is 9.90 Å². The number of nitrogens with zero attached hydrogens (tertiary/aromatic N) is 4. The van der Waals surface area contributed by atoms with Crippen LogP contribution in [0.5, 0.6) is 11.5 Å². The molecule has 0 saturated carbocycles. The molecule has 0 radical (unpaired) electrons. The Kier molecular flexibility index (Phi) is 7.20. The minimum absolute atomic E-state index is 0.0857. The molecule has 0 bridgehead atoms. The zero-order valence-electron chi connectivity index (χ0n) is 16.2. The first-order valence-corrected chi connectivity index (χ1v) is 10.1. The summed E-state index contributed by atoms with van der Waals surface area (Å²) in [7, 11) is 1.61. The van der Waals surface area contributed by atoms with Crippen molar-refractivity contribution >= 4 is 17.5 Å². The molecule has 0 saturated heterocycles. The number of ketones is 1. The predicted octanol–water partition coefficient (Wildman–Crippen LogP) is 2.80. The van der Waals surface area contributed by atoms with E-state index in [1.54, 1.807) is 36.1 Å². The quantitative estimate of drug-likeness (QED) is 0.399. The van der Waals surface area contributed by atoms with Gasteiger partial charge in [0, 0.05) is 17.7 Å². The van der Waals surface area contributed by atoms with Gasteiger partial charge in [0.05, 0.1) is 18.9 Å². The molecule has 1 atom stereocenters. The Morgan fingerprint density at radius 2 is 1.83 bits per heavy atom. The summed E-state index contributed by atoms with van der Waals surface area (Å²) in [6, 6.07) is 14.3. The Bertz CT molecular complexity index is 928. The first-order valence-electron chi connectivity index (χ1n) is 9.10. The van der Waals surface area contributed by atoms with Crippen molar-refractivity contribution < 1.29 is 19.4 Å². The van der Waals surface area contributed by atoms with Crippen molar-refractivity contribution in [2.45, 2.75) is 24.6 Å². The lowest BCUT2D eigenvalue weighted by Crippen LogP contribution is -2.20. The molecular weight excluding hydrogens is 392 g/mol. The fourth-order valence-electron chi connectivity index (χ4n) is 2.51. The summed E-state index contributed by atoms with van der Waals surface area (Å²) in [5.74, 6) is 1.80. The molecule has 2 aromatic carbocycles. The van der Waals surface area contributed by atoms with E-state index in [0.717, 1.165) is 11.4 Å². The van der Waals surface area contributed by atoms with Gasteiger partial charge in [0.15, 0.2) is 5.78 Å². The molecule has 0 spiro atoms. The molecule has 1 N–H and O–H groups in total. The highest BCUT2D eigenvalue weighted by Gasteiger charge is 2.13. The highest BCUT2D eigenvalue weighted by atomic mass is 32.2. The van der Waals surface area contributed by atoms with Crippen LogP contribution in [-0.4, -0.2) is 56.7 Å². The molecule has 9 heteroatoms. The number of aliphatic hydroxyl groups excluding tert-OH is 1. The average molecular weight is 414 g/mol. The van der Waals surface area contributed by atoms with Crippen LogP contribution in [0, 0.1) is 0 Å². The number of methoxy groups -OCH3 is 1. The summed E-state index contributed by atoms with van der Waals surface area (Å²) in [6.45, 7) is 1.95. The zero-order valence-corrected chi connectivity index (χ0v) is 17.0. The Balaban J connectivity index is 1.51. The minimum atomic E-state index is -0.710. The lowest BCUT2D eigenvalue weighted by Gasteiger charge is -2.12. The molecule has 0 aliphatic heterocycles. The van der Waals surface area contributed by atoms with Crippen LogP contribution in [0.3, 0.4) is 0 Å². The molecule has 3 rings (SSSR count). The van der Waals surface area contributed by atoms with Gasteiger partial charge in [0.1, 0.15) is 18.1 Å². The molecule has 0 unspecified atom stereocenters. The van der Waals surface area contributed by atoms with E-state index in [0.29, 0.717) is 28.6 Å². The van der Waals surface area contributed by atoms with Crippen LogP contribution < -0.4 is 9.47 Å². The summed E-state index contributed by atoms with van der Waals surface area (Å²) >= 11 is 1.33. The van der Waals surface area contributed by atoms with Crippen LogP contribution in [0.4, 0.5) is 0 Å². The van der Waals surface area contributed by atoms with Gasteiger partial charge >= 0.3 is 0 Å². The number of hydrogen-bond acceptors (Lipinski definition) is 8. The number of benzene rings is 2. The maximum absolute atomic E-state index is 11.6. The second kappa shape index (κ2) is 10.0. The predicted molar refractivity (Wildman–Crippen MR) is 109 cm³/mol. The van der Waals surface area contributed by atoms with Crippen LogP contribution in [0.15, 0.2) is 53.7 Å². The smallest absolute Gasteiger partial charge is 0.214 e. The SMILES string of the molecule is CCC(=O)c1ccc(OC[C@@H](O)CSc2nnnn2-c2ccc(OC)cc2)cc1. The van der Waals surface area contributed by atoms with Crippen molar-refractivity contribution in [1.29, 1.82) is 0 Å². The van der Waals surface area contributed by atoms with E-state index in [1.165, 1.54) is 11.8 Å². The van der Waals surface area contributed by atoms with Crippen molar-refractivity contribution in [3.05, 3.63) is 54.1 Å². The summed E-state index contributed by atoms with van der Waals surface area (Å²) in [4.78, 5) is 11.6. The van der Waals surface area contributed by atoms with Crippen LogP contribution in [0.25, 0.3) is 5.69 Å². The Morgan fingerprint density at radius 1 is 1.14 bits per heavy atom. The van der Waals surface area contributed by atoms with Crippen molar-refractivity contribution in [3.8, 4) is 17.2 Å². The second-order valence-electron chi connectivity index (χ2n) is 6.15. The fraction of sp³-hybridized carbons (Fsp3) is 0.300. The fourth-order valence-corrected chi connectivity index (χ4v) is 3.30. The molecule has 152 valence electrons. The first-order chi connectivity index (χ1) is 14.1. The monoisotopic (exact) mass is 414 g/mol. The van der Waals surface area contributed by atoms with E-state index in [4.69, 9.17) is 9.47 Å². The Hall–Kier alpha value is -2.91. The highest BCUT2D eigenvalue weighted by molar-refractivity contribution is 7.99. The molecule has 0 amide bonds. The van der Waals surface area contributed by atoms with E-state index in [-0.39, 0.29) is 12.4 Å². The molecule has 1 aromatic heterocycles. The summed E-state index contributed by atoms with van der Waals surface area (Å²) in [5, 5.41) is 22.5. The van der Waals surface area contributed by atoms with Crippen molar-refractivity contribution in [3.63, 3.8) is 0 Å². The minimum Gasteiger partial charge on any atom is -0.497 e. The maximum atomic E-state index is 11.6. The molecule has 3 aromatic rings. The third-order valence-electron chi connectivity index (χ3n) is 4.10. The van der Waals surface area contributed by atoms with Gasteiger partial charge in [-0.1, -0.05) is 18.7 Å². The van der Waals surface area contributed by atoms with E-state index in [1.807, 2.05) is 31.2 Å². The lowest BCUT2D eigenvalue weighted by molar-refractivity contribution is 0.0987. The Morgan fingerprint density at radius 3 is 2.48 bits per heavy atom. The second-order valence-corrected chi connectivity index (χ2v) is 7.14. The number of thioether (sulfide) groups is 1. The van der Waals surface area contributed by atoms with E-state index >= 15 is 0 Å². The summed E-state index contributed by atoms with van der Waals surface area (Å²) in [5.41, 5.74) is 1.45. The standard InChI is InChI=1S/C20H22N4O4S/c1-3-19(26)14-4-8-18(9-5-14)28-12-16(25)13-29-20-21-22-23-24(20)15-6-10-17(27-2)11-7-15/h4-11,16,25H,3,12-13H2,1-2H3/t16-/m1/s1. The largest absolute Gasteiger partial charge is 0.497 e. The van der Waals surface area contributed by atoms with Gasteiger partial charge in [-0.2, -0.15) is 4.68 Å². The van der Waals surface area contributed by atoms with Crippen molar-refractivity contribution in [2.24, 2.45) is 0 Å². The maximum Gasteiger partial charge on any atom is 0.214 e. The number of rotatable bonds is 10. The van der Waals surface area contributed by atoms with Gasteiger partial charge in [-0.05, 0) is 59.0 Å². The molecule has 0 fully saturated rings. The number of tetrazole rings is 1. The third kappa shape index (κ3) is 5.55. The zero-order chi connectivity index (χ0) is 20.6. The summed E-state index contributed by atoms with van der Waals surface area (Å²) < 4.78 is 12.4. The highest BCUT2D eigenvalue weighted by Crippen LogP contribution is 2.21. The normalized spacial score (nSPS) is 11.8. The van der Waals surface area contributed by atoms with Crippen LogP contribution in [0.1, 0.15) is 23.7 Å². The van der Waals surface area contributed by atoms with Crippen molar-refractivity contribution in [1.82, 2.24) is 20.2 Å². The number of aliphatic hydroxyl groups is 1. The summed E-state index contributed by atoms with van der Waals surface area (Å²) in [6.07, 6.45) is -0.246. The number of aromatic nitrogens is 4. The van der Waals surface area contributed by atoms with Crippen LogP contribution in [0.2, 0.25) is 0 Å². The molecule has 0 aliphatic carbocycles. The van der Waals surface area contributed by atoms with Gasteiger partial charge in [-0.25, -0.2) is 0 Å². The van der Waals surface area contributed by atoms with E-state index < -0.39 is 6.10 Å². The number of Topliss-reactive ketones (excluding diaryl/α,β-unsaturated/α-hetero) is 1. The number of hydrogen-bond donors (Lipinski definition) is 1. The molecule has 0 aliphatic rings. The third-order valence-corrected chi connectivity index (χ3v) is 5.17. The molecular formula is C20H22N4O4S. The topological polar surface area (TPSA) is 99.4 Å². The van der Waals surface area contributed by atoms with Crippen molar-refractivity contribution in [2.75, 3.05) is 19.5 Å². The number of ether oxygens (including phenoxy) is 2. The average Bonchev–Trinajstić information content (AvgIpc) is 3.24. The van der Waals surface area contributed by atoms with Crippen LogP contribution in [-0.2, 0) is 0 Å². The van der Waals surface area contributed by atoms with Gasteiger partial charge in [0.25, 0.3) is 0 Å². The molecule has 8 nitrogen and oxygen atoms in total. The molecule has 29 heavy (non-hydrogen) atoms. The van der Waals surface area contributed by atoms with Gasteiger partial charge in [-0.15, -0.1) is 5.10 Å². The molecule has 1 heterocycles. The van der Waals surface area contributed by atoms with Gasteiger partial charge in [0.2, 0.25) is 5.16 Å². The number of carbonyl (C=O) groups is 1. The van der Waals surface area contributed by atoms with Gasteiger partial charge < -0.3 is 14.6 Å². The first kappa shape index (κ1) is 20.8. The van der Waals surface area contributed by atoms with Gasteiger partial charge in [-0.3, -0.25) is 4.79 Å². The number of carbonyl (C=O) groups excluding carboxylic acids is 1. The van der Waals surface area contributed by atoms with E-state index in [2.05, 4.69) is 15.5 Å². The lowest BCUT2D eigenvalue weighted by atomic mass is 10.1. The Labute approximate surface area is 172 Å².